The number of likely N-dealkylation sites (tertiary alicyclic amines) is 1. The third kappa shape index (κ3) is 2.71. The zero-order valence-corrected chi connectivity index (χ0v) is 9.65. The van der Waals surface area contributed by atoms with Crippen LogP contribution >= 0.6 is 0 Å². The van der Waals surface area contributed by atoms with Gasteiger partial charge in [-0.15, -0.1) is 0 Å². The van der Waals surface area contributed by atoms with E-state index in [0.717, 1.165) is 43.6 Å². The number of nitrogens with zero attached hydrogens (tertiary/aromatic N) is 2. The zero-order valence-electron chi connectivity index (χ0n) is 9.65. The second-order valence-corrected chi connectivity index (χ2v) is 5.12. The third-order valence-electron chi connectivity index (χ3n) is 4.02. The van der Waals surface area contributed by atoms with Gasteiger partial charge < -0.3 is 5.21 Å². The summed E-state index contributed by atoms with van der Waals surface area (Å²) in [5, 5.41) is 12.0. The number of oxime groups is 1. The first-order chi connectivity index (χ1) is 7.29. The van der Waals surface area contributed by atoms with Gasteiger partial charge in [0.15, 0.2) is 0 Å². The Morgan fingerprint density at radius 2 is 1.73 bits per heavy atom. The standard InChI is InChI=1S/C12H22N2O/c1-10-2-4-12(5-3-10)14-8-6-11(13-15)7-9-14/h10,12,15H,2-9H2,1H3. The molecule has 3 nitrogen and oxygen atoms in total. The van der Waals surface area contributed by atoms with E-state index in [1.54, 1.807) is 0 Å². The quantitative estimate of drug-likeness (QED) is 0.533. The number of hydrogen-bond donors (Lipinski definition) is 1. The van der Waals surface area contributed by atoms with E-state index >= 15 is 0 Å². The van der Waals surface area contributed by atoms with Crippen LogP contribution in [0.15, 0.2) is 5.16 Å². The molecule has 15 heavy (non-hydrogen) atoms. The van der Waals surface area contributed by atoms with Gasteiger partial charge in [-0.25, -0.2) is 0 Å². The van der Waals surface area contributed by atoms with Crippen LogP contribution in [0.5, 0.6) is 0 Å². The van der Waals surface area contributed by atoms with Crippen LogP contribution in [0.2, 0.25) is 0 Å². The van der Waals surface area contributed by atoms with Crippen molar-refractivity contribution < 1.29 is 5.21 Å². The lowest BCUT2D eigenvalue weighted by atomic mass is 9.86. The Hall–Kier alpha value is -0.570. The van der Waals surface area contributed by atoms with Crippen LogP contribution in [-0.4, -0.2) is 35.0 Å². The average Bonchev–Trinajstić information content (AvgIpc) is 2.30. The molecule has 3 heteroatoms. The largest absolute Gasteiger partial charge is 0.411 e. The molecule has 0 radical (unpaired) electrons. The summed E-state index contributed by atoms with van der Waals surface area (Å²) in [6, 6.07) is 0.807. The van der Waals surface area contributed by atoms with Crippen molar-refractivity contribution in [1.29, 1.82) is 0 Å². The Bertz CT molecular complexity index is 222. The molecule has 1 saturated heterocycles. The van der Waals surface area contributed by atoms with E-state index in [9.17, 15) is 0 Å². The molecule has 2 aliphatic rings. The second kappa shape index (κ2) is 4.97. The fraction of sp³-hybridized carbons (Fsp3) is 0.917. The van der Waals surface area contributed by atoms with Gasteiger partial charge in [0.05, 0.1) is 5.71 Å². The van der Waals surface area contributed by atoms with Gasteiger partial charge in [0.2, 0.25) is 0 Å². The smallest absolute Gasteiger partial charge is 0.0596 e. The first-order valence-electron chi connectivity index (χ1n) is 6.23. The normalized spacial score (nSPS) is 34.1. The summed E-state index contributed by atoms with van der Waals surface area (Å²) in [6.45, 7) is 4.56. The molecule has 2 rings (SSSR count). The van der Waals surface area contributed by atoms with Gasteiger partial charge >= 0.3 is 0 Å². The number of hydrogen-bond acceptors (Lipinski definition) is 3. The van der Waals surface area contributed by atoms with Crippen molar-refractivity contribution in [2.75, 3.05) is 13.1 Å². The van der Waals surface area contributed by atoms with Crippen LogP contribution in [0, 0.1) is 5.92 Å². The highest BCUT2D eigenvalue weighted by Gasteiger charge is 2.26. The van der Waals surface area contributed by atoms with Crippen LogP contribution in [0.4, 0.5) is 0 Å². The maximum Gasteiger partial charge on any atom is 0.0596 e. The fourth-order valence-corrected chi connectivity index (χ4v) is 2.85. The van der Waals surface area contributed by atoms with Crippen LogP contribution in [-0.2, 0) is 0 Å². The summed E-state index contributed by atoms with van der Waals surface area (Å²) >= 11 is 0. The summed E-state index contributed by atoms with van der Waals surface area (Å²) in [7, 11) is 0. The molecule has 1 N–H and O–H groups in total. The van der Waals surface area contributed by atoms with Gasteiger partial charge in [0, 0.05) is 32.0 Å². The third-order valence-corrected chi connectivity index (χ3v) is 4.02. The topological polar surface area (TPSA) is 35.8 Å². The van der Waals surface area contributed by atoms with Crippen molar-refractivity contribution in [3.05, 3.63) is 0 Å². The second-order valence-electron chi connectivity index (χ2n) is 5.12. The summed E-state index contributed by atoms with van der Waals surface area (Å²) in [5.74, 6) is 0.931. The molecule has 1 heterocycles. The van der Waals surface area contributed by atoms with E-state index < -0.39 is 0 Å². The SMILES string of the molecule is CC1CCC(N2CCC(=NO)CC2)CC1. The molecule has 0 atom stereocenters. The maximum absolute atomic E-state index is 8.69. The number of rotatable bonds is 1. The molecular weight excluding hydrogens is 188 g/mol. The molecule has 1 aliphatic heterocycles. The highest BCUT2D eigenvalue weighted by atomic mass is 16.4. The minimum absolute atomic E-state index is 0.807. The Balaban J connectivity index is 1.80. The van der Waals surface area contributed by atoms with Crippen LogP contribution in [0.1, 0.15) is 45.4 Å². The predicted octanol–water partition coefficient (Wildman–Crippen LogP) is 2.49. The zero-order chi connectivity index (χ0) is 10.7. The van der Waals surface area contributed by atoms with Crippen LogP contribution in [0.25, 0.3) is 0 Å². The van der Waals surface area contributed by atoms with Gasteiger partial charge in [0.25, 0.3) is 0 Å². The Morgan fingerprint density at radius 1 is 1.13 bits per heavy atom. The number of piperidine rings is 1. The summed E-state index contributed by atoms with van der Waals surface area (Å²) < 4.78 is 0. The summed E-state index contributed by atoms with van der Waals surface area (Å²) in [5.41, 5.74) is 0.982. The molecule has 2 fully saturated rings. The van der Waals surface area contributed by atoms with Crippen molar-refractivity contribution in [2.45, 2.75) is 51.5 Å². The van der Waals surface area contributed by atoms with E-state index in [0.29, 0.717) is 0 Å². The van der Waals surface area contributed by atoms with Crippen molar-refractivity contribution in [1.82, 2.24) is 4.90 Å². The minimum atomic E-state index is 0.807. The lowest BCUT2D eigenvalue weighted by molar-refractivity contribution is 0.138. The fourth-order valence-electron chi connectivity index (χ4n) is 2.85. The molecule has 1 saturated carbocycles. The summed E-state index contributed by atoms with van der Waals surface area (Å²) in [6.07, 6.45) is 7.44. The van der Waals surface area contributed by atoms with Crippen molar-refractivity contribution in [3.63, 3.8) is 0 Å². The molecule has 0 bridgehead atoms. The van der Waals surface area contributed by atoms with E-state index in [2.05, 4.69) is 17.0 Å². The Morgan fingerprint density at radius 3 is 2.27 bits per heavy atom. The molecule has 0 aromatic rings. The van der Waals surface area contributed by atoms with Crippen molar-refractivity contribution in [2.24, 2.45) is 11.1 Å². The molecule has 0 aromatic heterocycles. The van der Waals surface area contributed by atoms with Gasteiger partial charge in [-0.1, -0.05) is 12.1 Å². The van der Waals surface area contributed by atoms with Gasteiger partial charge in [0.1, 0.15) is 0 Å². The Labute approximate surface area is 92.1 Å². The summed E-state index contributed by atoms with van der Waals surface area (Å²) in [4.78, 5) is 2.60. The maximum atomic E-state index is 8.69. The highest BCUT2D eigenvalue weighted by molar-refractivity contribution is 5.84. The molecule has 86 valence electrons. The molecule has 0 unspecified atom stereocenters. The first kappa shape index (κ1) is 10.9. The Kier molecular flexibility index (Phi) is 3.62. The average molecular weight is 210 g/mol. The molecule has 0 spiro atoms. The lowest BCUT2D eigenvalue weighted by Crippen LogP contribution is -2.43. The van der Waals surface area contributed by atoms with Crippen LogP contribution in [0.3, 0.4) is 0 Å². The highest BCUT2D eigenvalue weighted by Crippen LogP contribution is 2.28. The molecule has 0 amide bonds. The monoisotopic (exact) mass is 210 g/mol. The predicted molar refractivity (Wildman–Crippen MR) is 61.4 cm³/mol. The van der Waals surface area contributed by atoms with Crippen molar-refractivity contribution >= 4 is 5.71 Å². The first-order valence-corrected chi connectivity index (χ1v) is 6.23. The van der Waals surface area contributed by atoms with E-state index in [1.165, 1.54) is 25.7 Å². The van der Waals surface area contributed by atoms with Crippen molar-refractivity contribution in [3.8, 4) is 0 Å². The molecule has 1 aliphatic carbocycles. The van der Waals surface area contributed by atoms with Crippen LogP contribution < -0.4 is 0 Å². The van der Waals surface area contributed by atoms with Gasteiger partial charge in [-0.3, -0.25) is 4.90 Å². The van der Waals surface area contributed by atoms with E-state index in [1.807, 2.05) is 0 Å². The van der Waals surface area contributed by atoms with E-state index in [-0.39, 0.29) is 0 Å². The molecular formula is C12H22N2O. The molecule has 0 aromatic carbocycles. The van der Waals surface area contributed by atoms with Gasteiger partial charge in [-0.05, 0) is 31.6 Å². The minimum Gasteiger partial charge on any atom is -0.411 e. The van der Waals surface area contributed by atoms with Gasteiger partial charge in [-0.2, -0.15) is 0 Å². The van der Waals surface area contributed by atoms with E-state index in [4.69, 9.17) is 5.21 Å². The lowest BCUT2D eigenvalue weighted by Gasteiger charge is -2.38.